The Morgan fingerprint density at radius 1 is 0.298 bits per heavy atom. The van der Waals surface area contributed by atoms with E-state index >= 15 is 0 Å². The Hall–Kier alpha value is -15.2. The molecule has 0 unspecified atom stereocenters. The number of rotatable bonds is 23. The van der Waals surface area contributed by atoms with E-state index in [1.165, 1.54) is 27.2 Å². The van der Waals surface area contributed by atoms with Crippen molar-refractivity contribution in [1.29, 1.82) is 0 Å². The van der Waals surface area contributed by atoms with Gasteiger partial charge in [-0.05, 0) is 269 Å². The van der Waals surface area contributed by atoms with E-state index in [-0.39, 0.29) is 62.4 Å². The van der Waals surface area contributed by atoms with Crippen LogP contribution in [-0.4, -0.2) is 88.7 Å². The van der Waals surface area contributed by atoms with Crippen LogP contribution in [0.25, 0.3) is 11.1 Å². The molecule has 1 aliphatic rings. The molecule has 6 amide bonds. The number of nitrogens with zero attached hydrogens (tertiary/aromatic N) is 12. The summed E-state index contributed by atoms with van der Waals surface area (Å²) in [5.74, 6) is 0.144. The number of benzene rings is 9. The van der Waals surface area contributed by atoms with Crippen LogP contribution >= 0.6 is 34.8 Å². The summed E-state index contributed by atoms with van der Waals surface area (Å²) in [7, 11) is 0. The number of halogens is 3. The van der Waals surface area contributed by atoms with Gasteiger partial charge in [-0.3, -0.25) is 59.1 Å². The summed E-state index contributed by atoms with van der Waals surface area (Å²) in [5, 5.41) is 0. The van der Waals surface area contributed by atoms with Crippen molar-refractivity contribution in [3.05, 3.63) is 455 Å². The standard InChI is InChI=1S/C28H24N2O2.C21H20N2O2.C18H22N2O2.C18H22N2O.C16H15Cl3N2O2.C15H16N2O/c1-20-9-8-11-22(17-20)30(18-21-10-6-7-16-29-21)28(31)32-19-27-25-14-4-2-12-23(25)24-13-3-5-15-26(24)27;1-17-8-7-12-20(14-17)23(15-19-11-5-6-13-22-19)21(24)25-16-18-9-3-2-4-10-18;1-14-8-7-10-16(12-14)20(17(21)22-18(2,3)4)13-15-9-5-6-11-19-15;1-14-8-7-10-16(12-14)20(17(21)18(2,3)4)13-15-9-5-6-11-19-15;1-12-5-4-7-14(9-12)21(10-13-6-2-3-8-20-13)15(22)23-11-16(17,18)19;1-12-6-5-8-15(10-12)17(13(2)18)11-14-7-3-4-9-16-14/h2-17,27H,18-19H2,1H3;2-14H,15-16H2,1H3;5-12H,13H2,1-4H3;5-12H,13H2,1-4H3;2-9H,10-11H2,1H3;3-10H,11H2,1-2H3. The average Bonchev–Trinajstić information content (AvgIpc) is 1.61. The summed E-state index contributed by atoms with van der Waals surface area (Å²) in [5.41, 5.74) is 21.2. The fourth-order valence-corrected chi connectivity index (χ4v) is 15.0. The van der Waals surface area contributed by atoms with Gasteiger partial charge >= 0.3 is 24.4 Å². The first kappa shape index (κ1) is 106. The number of fused-ring (bicyclic) bond motifs is 3. The van der Waals surface area contributed by atoms with Gasteiger partial charge < -0.3 is 28.7 Å². The van der Waals surface area contributed by atoms with Crippen LogP contribution in [0, 0.1) is 47.0 Å². The van der Waals surface area contributed by atoms with Crippen molar-refractivity contribution < 1.29 is 47.7 Å². The van der Waals surface area contributed by atoms with Gasteiger partial charge in [0, 0.05) is 89.6 Å². The van der Waals surface area contributed by atoms with Crippen LogP contribution in [0.4, 0.5) is 53.3 Å². The van der Waals surface area contributed by atoms with Crippen molar-refractivity contribution in [3.63, 3.8) is 0 Å². The molecule has 0 bridgehead atoms. The number of ether oxygens (including phenoxy) is 4. The fourth-order valence-electron chi connectivity index (χ4n) is 14.8. The highest BCUT2D eigenvalue weighted by atomic mass is 35.6. The Balaban J connectivity index is 0.000000163. The first-order valence-electron chi connectivity index (χ1n) is 46.2. The first-order valence-corrected chi connectivity index (χ1v) is 47.3. The molecule has 0 fully saturated rings. The van der Waals surface area contributed by atoms with Crippen molar-refractivity contribution >= 4 is 105 Å². The molecule has 0 atom stereocenters. The van der Waals surface area contributed by atoms with Crippen LogP contribution in [-0.2, 0) is 74.4 Å². The van der Waals surface area contributed by atoms with Crippen LogP contribution < -0.4 is 29.4 Å². The van der Waals surface area contributed by atoms with Gasteiger partial charge in [-0.25, -0.2) is 19.2 Å². The molecule has 0 saturated heterocycles. The predicted molar refractivity (Wildman–Crippen MR) is 564 cm³/mol. The van der Waals surface area contributed by atoms with E-state index in [1.807, 2.05) is 385 Å². The minimum Gasteiger partial charge on any atom is -0.448 e. The van der Waals surface area contributed by atoms with Gasteiger partial charge in [-0.15, -0.1) is 0 Å². The third-order valence-electron chi connectivity index (χ3n) is 21.6. The lowest BCUT2D eigenvalue weighted by Gasteiger charge is -2.29. The number of anilines is 6. The second-order valence-electron chi connectivity index (χ2n) is 35.5. The van der Waals surface area contributed by atoms with Crippen LogP contribution in [0.2, 0.25) is 0 Å². The number of hydrogen-bond acceptors (Lipinski definition) is 16. The lowest BCUT2D eigenvalue weighted by molar-refractivity contribution is -0.126. The smallest absolute Gasteiger partial charge is 0.415 e. The van der Waals surface area contributed by atoms with E-state index in [9.17, 15) is 28.8 Å². The Morgan fingerprint density at radius 3 is 0.858 bits per heavy atom. The highest BCUT2D eigenvalue weighted by Gasteiger charge is 2.33. The molecule has 9 aromatic carbocycles. The molecular weight excluding hydrogens is 1830 g/mol. The van der Waals surface area contributed by atoms with E-state index in [1.54, 1.807) is 63.7 Å². The Bertz CT molecular complexity index is 6480. The number of carbonyl (C=O) groups excluding carboxylic acids is 6. The number of aromatic nitrogens is 6. The SMILES string of the molecule is CC(=O)N(Cc1ccccn1)c1cccc(C)c1.Cc1cccc(N(Cc2ccccn2)C(=O)C(C)(C)C)c1.Cc1cccc(N(Cc2ccccn2)C(=O)OC(C)(C)C)c1.Cc1cccc(N(Cc2ccccn2)C(=O)OCC(Cl)(Cl)Cl)c1.Cc1cccc(N(Cc2ccccn2)C(=O)OCC2c3ccccc3-c3ccccc32)c1.Cc1cccc(N(Cc2ccccn2)C(=O)OCc2ccccc2)c1. The third-order valence-corrected chi connectivity index (χ3v) is 21.9. The lowest BCUT2D eigenvalue weighted by atomic mass is 9.94. The van der Waals surface area contributed by atoms with Gasteiger partial charge in [0.15, 0.2) is 0 Å². The summed E-state index contributed by atoms with van der Waals surface area (Å²) >= 11 is 16.9. The zero-order valence-corrected chi connectivity index (χ0v) is 84.0. The normalized spacial score (nSPS) is 11.1. The summed E-state index contributed by atoms with van der Waals surface area (Å²) in [4.78, 5) is 111. The number of alkyl halides is 3. The van der Waals surface area contributed by atoms with Crippen molar-refractivity contribution in [2.75, 3.05) is 42.6 Å². The lowest BCUT2D eigenvalue weighted by Crippen LogP contribution is -2.39. The molecular formula is C116H119Cl3N12O10. The van der Waals surface area contributed by atoms with Crippen LogP contribution in [0.1, 0.15) is 139 Å². The maximum atomic E-state index is 13.3. The molecule has 0 aliphatic heterocycles. The molecule has 6 heterocycles. The molecule has 0 radical (unpaired) electrons. The average molecular weight is 1950 g/mol. The second kappa shape index (κ2) is 52.5. The van der Waals surface area contributed by atoms with E-state index in [4.69, 9.17) is 53.8 Å². The zero-order valence-electron chi connectivity index (χ0n) is 81.7. The topological polar surface area (TPSA) is 236 Å². The molecule has 0 spiro atoms. The van der Waals surface area contributed by atoms with E-state index in [2.05, 4.69) is 66.3 Å². The predicted octanol–water partition coefficient (Wildman–Crippen LogP) is 27.2. The van der Waals surface area contributed by atoms with Gasteiger partial charge in [0.1, 0.15) is 25.4 Å². The summed E-state index contributed by atoms with van der Waals surface area (Å²) in [6.45, 7) is 27.5. The van der Waals surface area contributed by atoms with Gasteiger partial charge in [0.2, 0.25) is 15.6 Å². The molecule has 141 heavy (non-hydrogen) atoms. The molecule has 1 aliphatic carbocycles. The monoisotopic (exact) mass is 1940 g/mol. The largest absolute Gasteiger partial charge is 0.448 e. The summed E-state index contributed by atoms with van der Waals surface area (Å²) in [6.07, 6.45) is 8.60. The molecule has 0 saturated carbocycles. The Labute approximate surface area is 842 Å². The molecule has 0 N–H and O–H groups in total. The van der Waals surface area contributed by atoms with Gasteiger partial charge in [-0.2, -0.15) is 0 Å². The van der Waals surface area contributed by atoms with Crippen molar-refractivity contribution in [1.82, 2.24) is 29.9 Å². The highest BCUT2D eigenvalue weighted by molar-refractivity contribution is 6.67. The maximum Gasteiger partial charge on any atom is 0.415 e. The molecule has 724 valence electrons. The third kappa shape index (κ3) is 34.4. The molecule has 6 aromatic heterocycles. The number of amides is 6. The molecule has 15 aromatic rings. The van der Waals surface area contributed by atoms with Crippen LogP contribution in [0.15, 0.2) is 371 Å². The quantitative estimate of drug-likeness (QED) is 0.0427. The molecule has 25 heteroatoms. The van der Waals surface area contributed by atoms with E-state index in [0.717, 1.165) is 102 Å². The minimum atomic E-state index is -1.65. The molecule has 22 nitrogen and oxygen atoms in total. The van der Waals surface area contributed by atoms with E-state index < -0.39 is 20.9 Å². The summed E-state index contributed by atoms with van der Waals surface area (Å²) in [6, 6.07) is 107. The van der Waals surface area contributed by atoms with Gasteiger partial charge in [0.05, 0.1) is 73.4 Å². The van der Waals surface area contributed by atoms with Crippen molar-refractivity contribution in [2.24, 2.45) is 5.41 Å². The first-order chi connectivity index (χ1) is 67.7. The Morgan fingerprint density at radius 2 is 0.567 bits per heavy atom. The highest BCUT2D eigenvalue weighted by Crippen LogP contribution is 2.45. The fraction of sp³-hybridized carbons (Fsp3) is 0.224. The van der Waals surface area contributed by atoms with Crippen molar-refractivity contribution in [3.8, 4) is 11.1 Å². The molecule has 16 rings (SSSR count). The minimum absolute atomic E-state index is 0.0197. The number of pyridine rings is 6. The van der Waals surface area contributed by atoms with E-state index in [0.29, 0.717) is 38.4 Å². The number of aryl methyl sites for hydroxylation is 6. The zero-order chi connectivity index (χ0) is 101. The number of carbonyl (C=O) groups is 6. The van der Waals surface area contributed by atoms with Gasteiger partial charge in [-0.1, -0.05) is 244 Å². The van der Waals surface area contributed by atoms with Crippen LogP contribution in [0.3, 0.4) is 0 Å². The van der Waals surface area contributed by atoms with Crippen molar-refractivity contribution in [2.45, 2.75) is 151 Å². The van der Waals surface area contributed by atoms with Gasteiger partial charge in [0.25, 0.3) is 0 Å². The second-order valence-corrected chi connectivity index (χ2v) is 38.1. The maximum absolute atomic E-state index is 13.3. The Kier molecular flexibility index (Phi) is 39.6. The number of hydrogen-bond donors (Lipinski definition) is 0. The van der Waals surface area contributed by atoms with Crippen LogP contribution in [0.5, 0.6) is 0 Å². The summed E-state index contributed by atoms with van der Waals surface area (Å²) < 4.78 is 20.4.